The maximum Gasteiger partial charge on any atom is 0.129 e. The average molecular weight is 791 g/mol. The van der Waals surface area contributed by atoms with Crippen LogP contribution in [-0.2, 0) is 0 Å². The lowest BCUT2D eigenvalue weighted by Crippen LogP contribution is -2.16. The summed E-state index contributed by atoms with van der Waals surface area (Å²) in [7, 11) is -5.42. The van der Waals surface area contributed by atoms with Gasteiger partial charge in [0.25, 0.3) is 0 Å². The van der Waals surface area contributed by atoms with E-state index in [2.05, 4.69) is 193 Å². The van der Waals surface area contributed by atoms with E-state index >= 15 is 0 Å². The molecule has 0 radical (unpaired) electrons. The molecule has 0 aliphatic rings. The highest BCUT2D eigenvalue weighted by Crippen LogP contribution is 2.29. The second-order valence-corrected chi connectivity index (χ2v) is 36.5. The number of rotatable bonds is 2. The van der Waals surface area contributed by atoms with E-state index in [4.69, 9.17) is 0 Å². The normalized spacial score (nSPS) is 11.2. The van der Waals surface area contributed by atoms with Crippen LogP contribution in [-0.4, -0.2) is 44.8 Å². The molecule has 0 unspecified atom stereocenters. The van der Waals surface area contributed by atoms with Crippen molar-refractivity contribution in [2.75, 3.05) is 12.5 Å². The van der Waals surface area contributed by atoms with Crippen LogP contribution in [0.15, 0.2) is 43.0 Å². The summed E-state index contributed by atoms with van der Waals surface area (Å²) in [5, 5.41) is 0. The molecule has 0 aromatic heterocycles. The van der Waals surface area contributed by atoms with E-state index < -0.39 is 32.3 Å². The van der Waals surface area contributed by atoms with Gasteiger partial charge in [0, 0.05) is 41.0 Å². The predicted molar refractivity (Wildman–Crippen MR) is 213 cm³/mol. The first-order valence-corrected chi connectivity index (χ1v) is 31.9. The van der Waals surface area contributed by atoms with Crippen molar-refractivity contribution in [1.82, 2.24) is 0 Å². The molecule has 0 spiro atoms. The third-order valence-corrected chi connectivity index (χ3v) is 11.2. The van der Waals surface area contributed by atoms with Crippen LogP contribution in [0, 0.1) is 45.9 Å². The van der Waals surface area contributed by atoms with Gasteiger partial charge in [-0.1, -0.05) is 102 Å². The molecule has 2 aromatic rings. The molecule has 0 aliphatic carbocycles. The molecular formula is C34H46Br2S2Si4. The number of hydrogen-bond donors (Lipinski definition) is 0. The first kappa shape index (κ1) is 39.2. The molecule has 2 aromatic carbocycles. The van der Waals surface area contributed by atoms with Crippen molar-refractivity contribution in [1.29, 1.82) is 0 Å². The van der Waals surface area contributed by atoms with Crippen molar-refractivity contribution >= 4 is 87.7 Å². The number of thioether (sulfide) groups is 2. The van der Waals surface area contributed by atoms with E-state index in [0.29, 0.717) is 0 Å². The minimum atomic E-state index is -1.36. The van der Waals surface area contributed by atoms with E-state index in [1.165, 1.54) is 9.79 Å². The minimum Gasteiger partial charge on any atom is -0.128 e. The molecule has 0 fully saturated rings. The summed E-state index contributed by atoms with van der Waals surface area (Å²) in [5.41, 5.74) is 18.1. The summed E-state index contributed by atoms with van der Waals surface area (Å²) >= 11 is 10.7. The Morgan fingerprint density at radius 2 is 0.667 bits per heavy atom. The van der Waals surface area contributed by atoms with Crippen molar-refractivity contribution in [3.8, 4) is 45.9 Å². The van der Waals surface area contributed by atoms with Gasteiger partial charge in [-0.15, -0.1) is 45.7 Å². The lowest BCUT2D eigenvalue weighted by Gasteiger charge is -2.10. The standard InChI is InChI=1S/C18H26S2Si2.C16H20Br2Si2/c1-19-17-13-16(10-12-22(6,7)8)18(20-2)14-15(17)9-11-21(3,4)5;1-19(2,3)9-7-13-11-16(18)14(12-15(13)17)8-10-20(4,5)6/h13-14H,1-8H3;11-12H,1-6H3. The second kappa shape index (κ2) is 16.5. The van der Waals surface area contributed by atoms with E-state index in [1.807, 2.05) is 0 Å². The summed E-state index contributed by atoms with van der Waals surface area (Å²) in [6, 6.07) is 8.56. The Labute approximate surface area is 287 Å². The van der Waals surface area contributed by atoms with Crippen LogP contribution >= 0.6 is 55.4 Å². The van der Waals surface area contributed by atoms with Gasteiger partial charge in [0.15, 0.2) is 0 Å². The molecule has 224 valence electrons. The van der Waals surface area contributed by atoms with Crippen LogP contribution in [0.2, 0.25) is 78.6 Å². The Balaban J connectivity index is 0.000000422. The van der Waals surface area contributed by atoms with Crippen LogP contribution in [0.1, 0.15) is 22.3 Å². The third kappa shape index (κ3) is 16.3. The van der Waals surface area contributed by atoms with E-state index in [0.717, 1.165) is 31.2 Å². The van der Waals surface area contributed by atoms with Gasteiger partial charge in [-0.2, -0.15) is 0 Å². The highest BCUT2D eigenvalue weighted by atomic mass is 79.9. The van der Waals surface area contributed by atoms with Crippen molar-refractivity contribution in [3.63, 3.8) is 0 Å². The molecular weight excluding hydrogens is 745 g/mol. The first-order chi connectivity index (χ1) is 19.0. The van der Waals surface area contributed by atoms with Gasteiger partial charge < -0.3 is 0 Å². The summed E-state index contributed by atoms with van der Waals surface area (Å²) in [5.74, 6) is 13.4. The lowest BCUT2D eigenvalue weighted by molar-refractivity contribution is 1.29. The third-order valence-electron chi connectivity index (χ3n) is 4.87. The summed E-state index contributed by atoms with van der Waals surface area (Å²) in [6.07, 6.45) is 4.23. The Morgan fingerprint density at radius 1 is 0.429 bits per heavy atom. The molecule has 0 nitrogen and oxygen atoms in total. The Hall–Kier alpha value is -0.792. The summed E-state index contributed by atoms with van der Waals surface area (Å²) in [6.45, 7) is 27.2. The molecule has 0 saturated heterocycles. The Bertz CT molecular complexity index is 1410. The highest BCUT2D eigenvalue weighted by molar-refractivity contribution is 9.11. The number of benzene rings is 2. The highest BCUT2D eigenvalue weighted by Gasteiger charge is 2.13. The molecule has 0 N–H and O–H groups in total. The predicted octanol–water partition coefficient (Wildman–Crippen LogP) is 11.3. The van der Waals surface area contributed by atoms with Crippen LogP contribution in [0.5, 0.6) is 0 Å². The van der Waals surface area contributed by atoms with Gasteiger partial charge in [0.2, 0.25) is 0 Å². The zero-order valence-corrected chi connectivity index (χ0v) is 36.7. The quantitative estimate of drug-likeness (QED) is 0.169. The molecule has 0 amide bonds. The van der Waals surface area contributed by atoms with Crippen LogP contribution in [0.3, 0.4) is 0 Å². The molecule has 0 saturated carbocycles. The molecule has 0 aliphatic heterocycles. The molecule has 0 atom stereocenters. The SMILES string of the molecule is CSc1cc(C#C[Si](C)(C)C)c(SC)cc1C#C[Si](C)(C)C.C[Si](C)(C)C#Cc1cc(Br)c(C#C[Si](C)(C)C)cc1Br. The van der Waals surface area contributed by atoms with Gasteiger partial charge in [-0.3, -0.25) is 0 Å². The molecule has 2 rings (SSSR count). The fourth-order valence-electron chi connectivity index (χ4n) is 2.85. The van der Waals surface area contributed by atoms with E-state index in [1.54, 1.807) is 23.5 Å². The molecule has 0 bridgehead atoms. The second-order valence-electron chi connectivity index (χ2n) is 14.1. The number of hydrogen-bond acceptors (Lipinski definition) is 2. The molecule has 42 heavy (non-hydrogen) atoms. The van der Waals surface area contributed by atoms with Crippen molar-refractivity contribution in [2.24, 2.45) is 0 Å². The zero-order chi connectivity index (χ0) is 32.5. The molecule has 8 heteroatoms. The van der Waals surface area contributed by atoms with Crippen LogP contribution in [0.4, 0.5) is 0 Å². The maximum absolute atomic E-state index is 3.61. The van der Waals surface area contributed by atoms with Gasteiger partial charge in [0.1, 0.15) is 32.3 Å². The van der Waals surface area contributed by atoms with Crippen molar-refractivity contribution in [3.05, 3.63) is 55.5 Å². The minimum absolute atomic E-state index is 1.02. The van der Waals surface area contributed by atoms with Gasteiger partial charge in [-0.25, -0.2) is 0 Å². The smallest absolute Gasteiger partial charge is 0.128 e. The van der Waals surface area contributed by atoms with Gasteiger partial charge >= 0.3 is 0 Å². The fourth-order valence-corrected chi connectivity index (χ4v) is 6.91. The zero-order valence-electron chi connectivity index (χ0n) is 27.9. The average Bonchev–Trinajstić information content (AvgIpc) is 2.83. The Kier molecular flexibility index (Phi) is 15.4. The van der Waals surface area contributed by atoms with Gasteiger partial charge in [-0.05, 0) is 68.6 Å². The fraction of sp³-hybridized carbons (Fsp3) is 0.412. The lowest BCUT2D eigenvalue weighted by atomic mass is 10.1. The van der Waals surface area contributed by atoms with Crippen LogP contribution in [0.25, 0.3) is 0 Å². The monoisotopic (exact) mass is 788 g/mol. The first-order valence-electron chi connectivity index (χ1n) is 13.9. The largest absolute Gasteiger partial charge is 0.129 e. The van der Waals surface area contributed by atoms with E-state index in [-0.39, 0.29) is 0 Å². The Morgan fingerprint density at radius 3 is 0.881 bits per heavy atom. The van der Waals surface area contributed by atoms with Crippen molar-refractivity contribution in [2.45, 2.75) is 88.4 Å². The van der Waals surface area contributed by atoms with E-state index in [9.17, 15) is 0 Å². The maximum atomic E-state index is 3.61. The van der Waals surface area contributed by atoms with Crippen LogP contribution < -0.4 is 0 Å². The number of halogens is 2. The summed E-state index contributed by atoms with van der Waals surface area (Å²) in [4.78, 5) is 2.48. The summed E-state index contributed by atoms with van der Waals surface area (Å²) < 4.78 is 2.04. The van der Waals surface area contributed by atoms with Gasteiger partial charge in [0.05, 0.1) is 0 Å². The molecule has 0 heterocycles. The van der Waals surface area contributed by atoms with Crippen molar-refractivity contribution < 1.29 is 0 Å². The topological polar surface area (TPSA) is 0 Å².